The normalized spacial score (nSPS) is 22.7. The van der Waals surface area contributed by atoms with Crippen molar-refractivity contribution in [1.29, 1.82) is 5.26 Å². The minimum atomic E-state index is -0.812. The summed E-state index contributed by atoms with van der Waals surface area (Å²) in [5.41, 5.74) is 2.24. The lowest BCUT2D eigenvalue weighted by atomic mass is 9.73. The van der Waals surface area contributed by atoms with E-state index in [0.29, 0.717) is 24.7 Å². The number of pyridine rings is 1. The van der Waals surface area contributed by atoms with Crippen LogP contribution in [0.3, 0.4) is 0 Å². The fraction of sp³-hybridized carbons (Fsp3) is 0.391. The van der Waals surface area contributed by atoms with Gasteiger partial charge in [0.25, 0.3) is 0 Å². The number of aromatic nitrogens is 6. The predicted octanol–water partition coefficient (Wildman–Crippen LogP) is 2.20. The average molecular weight is 457 g/mol. The molecule has 0 spiro atoms. The van der Waals surface area contributed by atoms with Gasteiger partial charge in [-0.25, -0.2) is 14.0 Å². The summed E-state index contributed by atoms with van der Waals surface area (Å²) in [5, 5.41) is 24.5. The number of methoxy groups -OCH3 is 1. The van der Waals surface area contributed by atoms with Gasteiger partial charge in [0.15, 0.2) is 5.65 Å². The van der Waals surface area contributed by atoms with Gasteiger partial charge in [-0.1, -0.05) is 0 Å². The maximum absolute atomic E-state index is 12.4. The van der Waals surface area contributed by atoms with Crippen LogP contribution in [0.4, 0.5) is 5.95 Å². The van der Waals surface area contributed by atoms with Gasteiger partial charge in [-0.15, -0.1) is 5.10 Å². The summed E-state index contributed by atoms with van der Waals surface area (Å²) in [4.78, 5) is 21.2. The number of nitriles is 1. The monoisotopic (exact) mass is 457 g/mol. The van der Waals surface area contributed by atoms with Crippen molar-refractivity contribution >= 4 is 23.0 Å². The second-order valence-electron chi connectivity index (χ2n) is 9.41. The van der Waals surface area contributed by atoms with E-state index >= 15 is 0 Å². The first-order valence-corrected chi connectivity index (χ1v) is 11.2. The van der Waals surface area contributed by atoms with Crippen molar-refractivity contribution in [3.63, 3.8) is 0 Å². The molecular weight excluding hydrogens is 434 g/mol. The summed E-state index contributed by atoms with van der Waals surface area (Å²) in [6, 6.07) is 8.11. The van der Waals surface area contributed by atoms with Crippen LogP contribution in [-0.4, -0.2) is 53.8 Å². The van der Waals surface area contributed by atoms with Crippen molar-refractivity contribution in [2.24, 2.45) is 5.41 Å². The Labute approximate surface area is 194 Å². The zero-order chi connectivity index (χ0) is 23.5. The van der Waals surface area contributed by atoms with E-state index in [2.05, 4.69) is 36.9 Å². The quantitative estimate of drug-likeness (QED) is 0.450. The summed E-state index contributed by atoms with van der Waals surface area (Å²) in [5.74, 6) is 0.753. The van der Waals surface area contributed by atoms with Crippen molar-refractivity contribution in [3.8, 4) is 23.1 Å². The van der Waals surface area contributed by atoms with Crippen LogP contribution in [0.2, 0.25) is 0 Å². The molecule has 0 unspecified atom stereocenters. The van der Waals surface area contributed by atoms with Crippen LogP contribution in [0.1, 0.15) is 32.6 Å². The van der Waals surface area contributed by atoms with Gasteiger partial charge in [-0.3, -0.25) is 4.79 Å². The Morgan fingerprint density at radius 2 is 2.09 bits per heavy atom. The molecule has 4 aromatic rings. The van der Waals surface area contributed by atoms with Crippen LogP contribution in [-0.2, 0) is 4.79 Å². The lowest BCUT2D eigenvalue weighted by Gasteiger charge is -2.46. The molecule has 0 atom stereocenters. The molecule has 1 amide bonds. The minimum absolute atomic E-state index is 0.106. The molecule has 6 rings (SSSR count). The Hall–Kier alpha value is -4.20. The molecule has 4 heterocycles. The smallest absolute Gasteiger partial charge is 0.244 e. The topological polar surface area (TPSA) is 135 Å². The van der Waals surface area contributed by atoms with Gasteiger partial charge < -0.3 is 15.4 Å². The predicted molar refractivity (Wildman–Crippen MR) is 122 cm³/mol. The maximum Gasteiger partial charge on any atom is 0.244 e. The molecule has 0 radical (unpaired) electrons. The molecule has 4 aromatic heterocycles. The van der Waals surface area contributed by atoms with Crippen molar-refractivity contribution in [2.75, 3.05) is 12.4 Å². The molecule has 2 fully saturated rings. The SMILES string of the molecule is COc1nc(NC2CC(C)(NC(=O)C3(C#N)CC3)C2)nn2ccc(-c3ccc4ncnn4c3)c12. The molecular formula is C23H23N9O2. The van der Waals surface area contributed by atoms with Crippen LogP contribution in [0.25, 0.3) is 22.3 Å². The van der Waals surface area contributed by atoms with Crippen molar-refractivity contribution in [2.45, 2.75) is 44.2 Å². The highest BCUT2D eigenvalue weighted by atomic mass is 16.5. The second kappa shape index (κ2) is 7.15. The van der Waals surface area contributed by atoms with Crippen LogP contribution in [0.5, 0.6) is 5.88 Å². The largest absolute Gasteiger partial charge is 0.479 e. The zero-order valence-corrected chi connectivity index (χ0v) is 18.8. The number of hydrogen-bond donors (Lipinski definition) is 2. The van der Waals surface area contributed by atoms with Gasteiger partial charge in [0, 0.05) is 35.1 Å². The first kappa shape index (κ1) is 20.4. The molecule has 0 aromatic carbocycles. The summed E-state index contributed by atoms with van der Waals surface area (Å²) in [6.07, 6.45) is 8.03. The number of ether oxygens (including phenoxy) is 1. The fourth-order valence-electron chi connectivity index (χ4n) is 4.73. The highest BCUT2D eigenvalue weighted by Gasteiger charge is 2.53. The van der Waals surface area contributed by atoms with E-state index in [1.165, 1.54) is 6.33 Å². The van der Waals surface area contributed by atoms with Crippen LogP contribution < -0.4 is 15.4 Å². The van der Waals surface area contributed by atoms with Gasteiger partial charge in [-0.2, -0.15) is 15.3 Å². The highest BCUT2D eigenvalue weighted by molar-refractivity contribution is 5.89. The van der Waals surface area contributed by atoms with Gasteiger partial charge in [0.05, 0.1) is 13.2 Å². The zero-order valence-electron chi connectivity index (χ0n) is 18.8. The molecule has 11 heteroatoms. The molecule has 0 saturated heterocycles. The number of nitrogens with zero attached hydrogens (tertiary/aromatic N) is 7. The summed E-state index contributed by atoms with van der Waals surface area (Å²) >= 11 is 0. The standard InChI is InChI=1S/C23H23N9O2/c1-22(29-20(33)23(12-24)6-7-23)9-15(10-22)27-21-28-19(34-2)18-16(5-8-31(18)30-21)14-3-4-17-25-13-26-32(17)11-14/h3-5,8,11,13,15H,6-7,9-10H2,1-2H3,(H,27,30)(H,29,33). The van der Waals surface area contributed by atoms with E-state index < -0.39 is 5.41 Å². The third-order valence-corrected chi connectivity index (χ3v) is 6.80. The van der Waals surface area contributed by atoms with Crippen LogP contribution >= 0.6 is 0 Å². The van der Waals surface area contributed by atoms with Gasteiger partial charge in [0.1, 0.15) is 17.3 Å². The Kier molecular flexibility index (Phi) is 4.29. The number of anilines is 1. The Morgan fingerprint density at radius 3 is 2.82 bits per heavy atom. The van der Waals surface area contributed by atoms with Crippen LogP contribution in [0.15, 0.2) is 36.9 Å². The van der Waals surface area contributed by atoms with E-state index in [1.807, 2.05) is 37.5 Å². The maximum atomic E-state index is 12.4. The molecule has 2 aliphatic carbocycles. The fourth-order valence-corrected chi connectivity index (χ4v) is 4.73. The van der Waals surface area contributed by atoms with E-state index in [4.69, 9.17) is 4.74 Å². The molecule has 172 valence electrons. The molecule has 2 N–H and O–H groups in total. The third-order valence-electron chi connectivity index (χ3n) is 6.80. The van der Waals surface area contributed by atoms with Crippen molar-refractivity contribution < 1.29 is 9.53 Å². The minimum Gasteiger partial charge on any atom is -0.479 e. The molecule has 11 nitrogen and oxygen atoms in total. The Bertz CT molecular complexity index is 1470. The van der Waals surface area contributed by atoms with Gasteiger partial charge in [-0.05, 0) is 50.8 Å². The van der Waals surface area contributed by atoms with E-state index in [0.717, 1.165) is 35.1 Å². The number of nitrogens with one attached hydrogen (secondary N) is 2. The number of hydrogen-bond acceptors (Lipinski definition) is 8. The molecule has 34 heavy (non-hydrogen) atoms. The number of amides is 1. The van der Waals surface area contributed by atoms with Crippen molar-refractivity contribution in [3.05, 3.63) is 36.9 Å². The van der Waals surface area contributed by atoms with E-state index in [1.54, 1.807) is 16.1 Å². The summed E-state index contributed by atoms with van der Waals surface area (Å²) < 4.78 is 9.08. The van der Waals surface area contributed by atoms with Crippen molar-refractivity contribution in [1.82, 2.24) is 34.5 Å². The number of fused-ring (bicyclic) bond motifs is 2. The summed E-state index contributed by atoms with van der Waals surface area (Å²) in [6.45, 7) is 2.01. The molecule has 2 aliphatic rings. The second-order valence-corrected chi connectivity index (χ2v) is 9.41. The highest BCUT2D eigenvalue weighted by Crippen LogP contribution is 2.46. The lowest BCUT2D eigenvalue weighted by molar-refractivity contribution is -0.127. The Morgan fingerprint density at radius 1 is 1.26 bits per heavy atom. The van der Waals surface area contributed by atoms with Gasteiger partial charge >= 0.3 is 0 Å². The first-order valence-electron chi connectivity index (χ1n) is 11.2. The molecule has 0 aliphatic heterocycles. The summed E-state index contributed by atoms with van der Waals surface area (Å²) in [7, 11) is 1.59. The lowest BCUT2D eigenvalue weighted by Crippen LogP contribution is -2.60. The average Bonchev–Trinajstić information content (AvgIpc) is 3.28. The Balaban J connectivity index is 1.21. The van der Waals surface area contributed by atoms with E-state index in [9.17, 15) is 10.1 Å². The number of carbonyl (C=O) groups excluding carboxylic acids is 1. The molecule has 0 bridgehead atoms. The van der Waals surface area contributed by atoms with Crippen LogP contribution in [0, 0.1) is 16.7 Å². The van der Waals surface area contributed by atoms with E-state index in [-0.39, 0.29) is 17.5 Å². The third kappa shape index (κ3) is 3.22. The molecule has 2 saturated carbocycles. The number of carbonyl (C=O) groups is 1. The van der Waals surface area contributed by atoms with Gasteiger partial charge in [0.2, 0.25) is 17.7 Å². The first-order chi connectivity index (χ1) is 16.4. The number of rotatable bonds is 6.